The van der Waals surface area contributed by atoms with Crippen molar-refractivity contribution in [2.45, 2.75) is 45.4 Å². The predicted octanol–water partition coefficient (Wildman–Crippen LogP) is 4.43. The Morgan fingerprint density at radius 2 is 1.33 bits per heavy atom. The molecule has 4 heteroatoms. The van der Waals surface area contributed by atoms with E-state index in [0.717, 1.165) is 64.5 Å². The summed E-state index contributed by atoms with van der Waals surface area (Å²) in [6.45, 7) is 8.90. The van der Waals surface area contributed by atoms with Crippen LogP contribution in [0.1, 0.15) is 51.0 Å². The van der Waals surface area contributed by atoms with Crippen LogP contribution in [-0.2, 0) is 14.2 Å². The quantitative estimate of drug-likeness (QED) is 0.443. The Hall–Kier alpha value is -1.10. The fourth-order valence-corrected chi connectivity index (χ4v) is 2.25. The number of methoxy groups -OCH3 is 1. The average Bonchev–Trinajstić information content (AvgIpc) is 2.62. The van der Waals surface area contributed by atoms with Gasteiger partial charge in [0, 0.05) is 46.6 Å². The molecule has 0 N–H and O–H groups in total. The molecule has 0 saturated heterocycles. The van der Waals surface area contributed by atoms with Gasteiger partial charge in [0.05, 0.1) is 6.61 Å². The Morgan fingerprint density at radius 3 is 1.88 bits per heavy atom. The van der Waals surface area contributed by atoms with Crippen molar-refractivity contribution in [1.29, 1.82) is 0 Å². The standard InChI is InChI=1S/C20H34O4/c1-4-18(2)19-8-10-20(11-9-19)24-17-7-16-23-15-6-14-22-13-5-12-21-3/h8-11,18H,4-7,12-17H2,1-3H3. The van der Waals surface area contributed by atoms with E-state index in [-0.39, 0.29) is 0 Å². The molecule has 0 spiro atoms. The van der Waals surface area contributed by atoms with Gasteiger partial charge in [0.15, 0.2) is 0 Å². The maximum Gasteiger partial charge on any atom is 0.119 e. The average molecular weight is 338 g/mol. The van der Waals surface area contributed by atoms with Crippen LogP contribution in [0.5, 0.6) is 5.75 Å². The molecule has 0 radical (unpaired) electrons. The second-order valence-corrected chi connectivity index (χ2v) is 6.00. The number of rotatable bonds is 15. The van der Waals surface area contributed by atoms with Crippen LogP contribution in [-0.4, -0.2) is 46.8 Å². The fraction of sp³-hybridized carbons (Fsp3) is 0.700. The normalized spacial score (nSPS) is 12.3. The summed E-state index contributed by atoms with van der Waals surface area (Å²) in [6, 6.07) is 8.44. The van der Waals surface area contributed by atoms with Gasteiger partial charge in [0.2, 0.25) is 0 Å². The first-order valence-electron chi connectivity index (χ1n) is 9.15. The first kappa shape index (κ1) is 20.9. The lowest BCUT2D eigenvalue weighted by Gasteiger charge is -2.11. The van der Waals surface area contributed by atoms with Crippen molar-refractivity contribution in [2.75, 3.05) is 46.8 Å². The number of ether oxygens (including phenoxy) is 4. The zero-order chi connectivity index (χ0) is 17.5. The highest BCUT2D eigenvalue weighted by Gasteiger charge is 2.02. The van der Waals surface area contributed by atoms with Gasteiger partial charge in [-0.3, -0.25) is 0 Å². The summed E-state index contributed by atoms with van der Waals surface area (Å²) in [7, 11) is 1.71. The van der Waals surface area contributed by atoms with Crippen LogP contribution in [0.4, 0.5) is 0 Å². The van der Waals surface area contributed by atoms with Crippen LogP contribution in [0.2, 0.25) is 0 Å². The lowest BCUT2D eigenvalue weighted by Crippen LogP contribution is -2.06. The van der Waals surface area contributed by atoms with Crippen molar-refractivity contribution in [3.05, 3.63) is 29.8 Å². The summed E-state index contributed by atoms with van der Waals surface area (Å²) in [5.74, 6) is 1.54. The fourth-order valence-electron chi connectivity index (χ4n) is 2.25. The van der Waals surface area contributed by atoms with E-state index in [1.807, 2.05) is 0 Å². The van der Waals surface area contributed by atoms with Gasteiger partial charge >= 0.3 is 0 Å². The van der Waals surface area contributed by atoms with Crippen LogP contribution < -0.4 is 4.74 Å². The van der Waals surface area contributed by atoms with E-state index >= 15 is 0 Å². The molecule has 0 saturated carbocycles. The Bertz CT molecular complexity index is 391. The number of benzene rings is 1. The van der Waals surface area contributed by atoms with Gasteiger partial charge in [-0.15, -0.1) is 0 Å². The maximum absolute atomic E-state index is 5.74. The number of hydrogen-bond acceptors (Lipinski definition) is 4. The first-order valence-corrected chi connectivity index (χ1v) is 9.15. The highest BCUT2D eigenvalue weighted by molar-refractivity contribution is 5.29. The molecular weight excluding hydrogens is 304 g/mol. The van der Waals surface area contributed by atoms with E-state index in [1.165, 1.54) is 5.56 Å². The van der Waals surface area contributed by atoms with Crippen molar-refractivity contribution in [1.82, 2.24) is 0 Å². The lowest BCUT2D eigenvalue weighted by molar-refractivity contribution is 0.0681. The molecular formula is C20H34O4. The van der Waals surface area contributed by atoms with Gasteiger partial charge in [-0.25, -0.2) is 0 Å². The topological polar surface area (TPSA) is 36.9 Å². The summed E-state index contributed by atoms with van der Waals surface area (Å²) in [5.41, 5.74) is 1.37. The molecule has 0 amide bonds. The summed E-state index contributed by atoms with van der Waals surface area (Å²) in [5, 5.41) is 0. The van der Waals surface area contributed by atoms with Crippen LogP contribution in [0.25, 0.3) is 0 Å². The Labute approximate surface area is 147 Å². The van der Waals surface area contributed by atoms with Gasteiger partial charge in [-0.2, -0.15) is 0 Å². The minimum Gasteiger partial charge on any atom is -0.494 e. The highest BCUT2D eigenvalue weighted by atomic mass is 16.5. The summed E-state index contributed by atoms with van der Waals surface area (Å²) >= 11 is 0. The predicted molar refractivity (Wildman–Crippen MR) is 98.0 cm³/mol. The van der Waals surface area contributed by atoms with E-state index in [0.29, 0.717) is 12.5 Å². The molecule has 24 heavy (non-hydrogen) atoms. The lowest BCUT2D eigenvalue weighted by atomic mass is 9.99. The molecule has 0 aromatic heterocycles. The highest BCUT2D eigenvalue weighted by Crippen LogP contribution is 2.21. The zero-order valence-corrected chi connectivity index (χ0v) is 15.6. The Balaban J connectivity index is 1.93. The van der Waals surface area contributed by atoms with Crippen molar-refractivity contribution in [3.8, 4) is 5.75 Å². The van der Waals surface area contributed by atoms with E-state index in [1.54, 1.807) is 7.11 Å². The first-order chi connectivity index (χ1) is 11.8. The van der Waals surface area contributed by atoms with Gasteiger partial charge < -0.3 is 18.9 Å². The Morgan fingerprint density at radius 1 is 0.792 bits per heavy atom. The molecule has 0 fully saturated rings. The third-order valence-corrected chi connectivity index (χ3v) is 3.98. The van der Waals surface area contributed by atoms with Crippen molar-refractivity contribution >= 4 is 0 Å². The van der Waals surface area contributed by atoms with Crippen LogP contribution in [0, 0.1) is 0 Å². The van der Waals surface area contributed by atoms with Crippen LogP contribution >= 0.6 is 0 Å². The maximum atomic E-state index is 5.74. The van der Waals surface area contributed by atoms with Gasteiger partial charge in [-0.05, 0) is 42.9 Å². The molecule has 0 aliphatic rings. The minimum absolute atomic E-state index is 0.608. The van der Waals surface area contributed by atoms with E-state index in [9.17, 15) is 0 Å². The molecule has 0 heterocycles. The van der Waals surface area contributed by atoms with Crippen molar-refractivity contribution < 1.29 is 18.9 Å². The van der Waals surface area contributed by atoms with E-state index in [4.69, 9.17) is 18.9 Å². The molecule has 1 aromatic rings. The van der Waals surface area contributed by atoms with Gasteiger partial charge in [-0.1, -0.05) is 26.0 Å². The summed E-state index contributed by atoms with van der Waals surface area (Å²) < 4.78 is 21.8. The summed E-state index contributed by atoms with van der Waals surface area (Å²) in [4.78, 5) is 0. The zero-order valence-electron chi connectivity index (χ0n) is 15.6. The van der Waals surface area contributed by atoms with E-state index < -0.39 is 0 Å². The third-order valence-electron chi connectivity index (χ3n) is 3.98. The third kappa shape index (κ3) is 9.91. The number of hydrogen-bond donors (Lipinski definition) is 0. The van der Waals surface area contributed by atoms with E-state index in [2.05, 4.69) is 38.1 Å². The molecule has 4 nitrogen and oxygen atoms in total. The molecule has 1 rings (SSSR count). The summed E-state index contributed by atoms with van der Waals surface area (Å²) in [6.07, 6.45) is 3.95. The minimum atomic E-state index is 0.608. The van der Waals surface area contributed by atoms with Crippen molar-refractivity contribution in [2.24, 2.45) is 0 Å². The van der Waals surface area contributed by atoms with Crippen molar-refractivity contribution in [3.63, 3.8) is 0 Å². The van der Waals surface area contributed by atoms with Crippen LogP contribution in [0.15, 0.2) is 24.3 Å². The smallest absolute Gasteiger partial charge is 0.119 e. The van der Waals surface area contributed by atoms with Gasteiger partial charge in [0.1, 0.15) is 5.75 Å². The SMILES string of the molecule is CCC(C)c1ccc(OCCCOCCCOCCCOC)cc1. The molecule has 138 valence electrons. The molecule has 0 bridgehead atoms. The second-order valence-electron chi connectivity index (χ2n) is 6.00. The largest absolute Gasteiger partial charge is 0.494 e. The molecule has 0 aliphatic heterocycles. The van der Waals surface area contributed by atoms with Gasteiger partial charge in [0.25, 0.3) is 0 Å². The molecule has 1 atom stereocenters. The molecule has 1 aromatic carbocycles. The second kappa shape index (κ2) is 14.3. The Kier molecular flexibility index (Phi) is 12.4. The molecule has 1 unspecified atom stereocenters. The molecule has 0 aliphatic carbocycles. The van der Waals surface area contributed by atoms with Crippen LogP contribution in [0.3, 0.4) is 0 Å². The monoisotopic (exact) mass is 338 g/mol.